The Hall–Kier alpha value is -0.510. The SMILES string of the molecule is O=[N+]([O-])c1ccccc1C(Cl)C(Cl)Cl. The van der Waals surface area contributed by atoms with Gasteiger partial charge >= 0.3 is 0 Å². The van der Waals surface area contributed by atoms with Crippen LogP contribution in [0.3, 0.4) is 0 Å². The fourth-order valence-electron chi connectivity index (χ4n) is 1.02. The largest absolute Gasteiger partial charge is 0.274 e. The van der Waals surface area contributed by atoms with Crippen LogP contribution in [0.2, 0.25) is 0 Å². The van der Waals surface area contributed by atoms with Crippen LogP contribution in [0.1, 0.15) is 10.9 Å². The van der Waals surface area contributed by atoms with Gasteiger partial charge in [-0.25, -0.2) is 0 Å². The van der Waals surface area contributed by atoms with Crippen LogP contribution in [0.4, 0.5) is 5.69 Å². The molecule has 6 heteroatoms. The number of hydrogen-bond acceptors (Lipinski definition) is 2. The summed E-state index contributed by atoms with van der Waals surface area (Å²) in [5.41, 5.74) is 0.257. The average Bonchev–Trinajstić information content (AvgIpc) is 2.16. The van der Waals surface area contributed by atoms with Crippen LogP contribution < -0.4 is 0 Å². The van der Waals surface area contributed by atoms with Gasteiger partial charge in [-0.15, -0.1) is 34.8 Å². The molecule has 1 atom stereocenters. The highest BCUT2D eigenvalue weighted by Gasteiger charge is 2.24. The maximum Gasteiger partial charge on any atom is 0.274 e. The Morgan fingerprint density at radius 3 is 2.29 bits per heavy atom. The van der Waals surface area contributed by atoms with Crippen molar-refractivity contribution in [2.75, 3.05) is 0 Å². The van der Waals surface area contributed by atoms with Crippen LogP contribution in [0, 0.1) is 10.1 Å². The first kappa shape index (κ1) is 11.6. The quantitative estimate of drug-likeness (QED) is 0.469. The lowest BCUT2D eigenvalue weighted by Gasteiger charge is -2.10. The standard InChI is InChI=1S/C8H6Cl3NO2/c9-7(8(10)11)5-3-1-2-4-6(5)12(13)14/h1-4,7-8H. The molecule has 0 fully saturated rings. The molecule has 0 heterocycles. The number of para-hydroxylation sites is 1. The van der Waals surface area contributed by atoms with Gasteiger partial charge in [-0.1, -0.05) is 18.2 Å². The smallest absolute Gasteiger partial charge is 0.258 e. The molecule has 0 saturated heterocycles. The molecule has 0 bridgehead atoms. The average molecular weight is 254 g/mol. The predicted octanol–water partition coefficient (Wildman–Crippen LogP) is 3.68. The molecule has 0 radical (unpaired) electrons. The molecule has 3 nitrogen and oxygen atoms in total. The van der Waals surface area contributed by atoms with E-state index in [9.17, 15) is 10.1 Å². The highest BCUT2D eigenvalue weighted by atomic mass is 35.5. The molecule has 76 valence electrons. The Labute approximate surface area is 95.7 Å². The van der Waals surface area contributed by atoms with Crippen molar-refractivity contribution in [3.63, 3.8) is 0 Å². The van der Waals surface area contributed by atoms with E-state index < -0.39 is 15.1 Å². The third-order valence-electron chi connectivity index (χ3n) is 1.65. The lowest BCUT2D eigenvalue weighted by molar-refractivity contribution is -0.385. The maximum absolute atomic E-state index is 10.6. The topological polar surface area (TPSA) is 43.1 Å². The maximum atomic E-state index is 10.6. The first-order valence-corrected chi connectivity index (χ1v) is 5.00. The Morgan fingerprint density at radius 1 is 1.21 bits per heavy atom. The molecule has 0 aromatic heterocycles. The van der Waals surface area contributed by atoms with E-state index in [0.717, 1.165) is 0 Å². The molecular weight excluding hydrogens is 248 g/mol. The summed E-state index contributed by atoms with van der Waals surface area (Å²) in [6, 6.07) is 6.10. The number of rotatable bonds is 3. The van der Waals surface area contributed by atoms with E-state index in [0.29, 0.717) is 5.56 Å². The summed E-state index contributed by atoms with van der Waals surface area (Å²) in [5, 5.41) is 9.83. The fourth-order valence-corrected chi connectivity index (χ4v) is 1.48. The third-order valence-corrected chi connectivity index (χ3v) is 2.90. The van der Waals surface area contributed by atoms with Crippen molar-refractivity contribution < 1.29 is 4.92 Å². The minimum Gasteiger partial charge on any atom is -0.258 e. The summed E-state index contributed by atoms with van der Waals surface area (Å²) in [6.07, 6.45) is 0. The Morgan fingerprint density at radius 2 is 1.79 bits per heavy atom. The molecule has 0 amide bonds. The third kappa shape index (κ3) is 2.50. The molecule has 0 aliphatic carbocycles. The van der Waals surface area contributed by atoms with E-state index in [1.54, 1.807) is 12.1 Å². The van der Waals surface area contributed by atoms with Gasteiger partial charge in [-0.3, -0.25) is 10.1 Å². The van der Waals surface area contributed by atoms with Crippen molar-refractivity contribution >= 4 is 40.5 Å². The number of nitro groups is 1. The van der Waals surface area contributed by atoms with Crippen molar-refractivity contribution in [1.29, 1.82) is 0 Å². The second-order valence-electron chi connectivity index (χ2n) is 2.55. The predicted molar refractivity (Wildman–Crippen MR) is 57.2 cm³/mol. The van der Waals surface area contributed by atoms with Crippen LogP contribution in [-0.2, 0) is 0 Å². The van der Waals surface area contributed by atoms with Gasteiger partial charge in [0, 0.05) is 6.07 Å². The summed E-state index contributed by atoms with van der Waals surface area (Å²) in [4.78, 5) is 9.22. The number of benzene rings is 1. The van der Waals surface area contributed by atoms with Gasteiger partial charge < -0.3 is 0 Å². The van der Waals surface area contributed by atoms with Crippen molar-refractivity contribution in [1.82, 2.24) is 0 Å². The number of nitrogens with zero attached hydrogens (tertiary/aromatic N) is 1. The van der Waals surface area contributed by atoms with Crippen LogP contribution >= 0.6 is 34.8 Å². The highest BCUT2D eigenvalue weighted by molar-refractivity contribution is 6.48. The first-order chi connectivity index (χ1) is 6.54. The van der Waals surface area contributed by atoms with Gasteiger partial charge in [0.25, 0.3) is 5.69 Å². The fraction of sp³-hybridized carbons (Fsp3) is 0.250. The molecule has 1 aromatic carbocycles. The van der Waals surface area contributed by atoms with E-state index >= 15 is 0 Å². The van der Waals surface area contributed by atoms with Gasteiger partial charge in [0.05, 0.1) is 15.9 Å². The minimum absolute atomic E-state index is 0.0706. The molecule has 1 unspecified atom stereocenters. The second kappa shape index (κ2) is 4.82. The summed E-state index contributed by atoms with van der Waals surface area (Å²) in [6.45, 7) is 0. The Balaban J connectivity index is 3.13. The molecule has 1 aromatic rings. The molecular formula is C8H6Cl3NO2. The molecule has 0 N–H and O–H groups in total. The lowest BCUT2D eigenvalue weighted by Crippen LogP contribution is -2.03. The number of halogens is 3. The molecule has 1 rings (SSSR count). The summed E-state index contributed by atoms with van der Waals surface area (Å²) >= 11 is 16.9. The first-order valence-electron chi connectivity index (χ1n) is 3.69. The van der Waals surface area contributed by atoms with Gasteiger partial charge in [-0.05, 0) is 0 Å². The molecule has 0 aliphatic rings. The molecule has 0 aliphatic heterocycles. The van der Waals surface area contributed by atoms with Crippen LogP contribution in [0.15, 0.2) is 24.3 Å². The summed E-state index contributed by atoms with van der Waals surface area (Å²) < 4.78 is 0. The van der Waals surface area contributed by atoms with Gasteiger partial charge in [0.2, 0.25) is 0 Å². The zero-order valence-corrected chi connectivity index (χ0v) is 9.13. The van der Waals surface area contributed by atoms with Gasteiger partial charge in [-0.2, -0.15) is 0 Å². The van der Waals surface area contributed by atoms with Crippen molar-refractivity contribution in [2.24, 2.45) is 0 Å². The van der Waals surface area contributed by atoms with Gasteiger partial charge in [0.1, 0.15) is 4.84 Å². The second-order valence-corrected chi connectivity index (χ2v) is 4.19. The number of alkyl halides is 3. The number of hydrogen-bond donors (Lipinski definition) is 0. The zero-order chi connectivity index (χ0) is 10.7. The van der Waals surface area contributed by atoms with Crippen molar-refractivity contribution in [3.05, 3.63) is 39.9 Å². The number of nitro benzene ring substituents is 1. The van der Waals surface area contributed by atoms with E-state index in [1.807, 2.05) is 0 Å². The molecule has 0 saturated carbocycles. The van der Waals surface area contributed by atoms with E-state index in [1.165, 1.54) is 12.1 Å². The van der Waals surface area contributed by atoms with Crippen molar-refractivity contribution in [2.45, 2.75) is 10.2 Å². The van der Waals surface area contributed by atoms with Crippen LogP contribution in [-0.4, -0.2) is 9.76 Å². The Kier molecular flexibility index (Phi) is 3.98. The van der Waals surface area contributed by atoms with E-state index in [-0.39, 0.29) is 5.69 Å². The minimum atomic E-state index is -0.877. The normalized spacial score (nSPS) is 12.9. The zero-order valence-electron chi connectivity index (χ0n) is 6.86. The highest BCUT2D eigenvalue weighted by Crippen LogP contribution is 2.35. The van der Waals surface area contributed by atoms with Gasteiger partial charge in [0.15, 0.2) is 0 Å². The van der Waals surface area contributed by atoms with Crippen molar-refractivity contribution in [3.8, 4) is 0 Å². The molecule has 14 heavy (non-hydrogen) atoms. The molecule has 0 spiro atoms. The van der Waals surface area contributed by atoms with Crippen LogP contribution in [0.25, 0.3) is 0 Å². The van der Waals surface area contributed by atoms with Crippen LogP contribution in [0.5, 0.6) is 0 Å². The Bertz CT molecular complexity index is 343. The summed E-state index contributed by atoms with van der Waals surface area (Å²) in [7, 11) is 0. The van der Waals surface area contributed by atoms with E-state index in [4.69, 9.17) is 34.8 Å². The lowest BCUT2D eigenvalue weighted by atomic mass is 10.1. The van der Waals surface area contributed by atoms with E-state index in [2.05, 4.69) is 0 Å². The summed E-state index contributed by atoms with van der Waals surface area (Å²) in [5.74, 6) is 0. The monoisotopic (exact) mass is 253 g/mol.